The first kappa shape index (κ1) is 8.73. The quantitative estimate of drug-likeness (QED) is 0.797. The monoisotopic (exact) mass is 203 g/mol. The van der Waals surface area contributed by atoms with Crippen LogP contribution in [0.25, 0.3) is 11.1 Å². The summed E-state index contributed by atoms with van der Waals surface area (Å²) in [4.78, 5) is 4.35. The number of para-hydroxylation sites is 2. The summed E-state index contributed by atoms with van der Waals surface area (Å²) in [6.45, 7) is 0.631. The fraction of sp³-hybridized carbons (Fsp3) is 0.364. The van der Waals surface area contributed by atoms with E-state index in [1.54, 1.807) is 0 Å². The lowest BCUT2D eigenvalue weighted by molar-refractivity contribution is 0.590. The summed E-state index contributed by atoms with van der Waals surface area (Å²) in [5.74, 6) is 0. The number of oxazole rings is 1. The molecule has 1 heterocycles. The number of aromatic nitrogens is 1. The molecule has 0 atom stereocenters. The van der Waals surface area contributed by atoms with E-state index in [0.717, 1.165) is 23.9 Å². The van der Waals surface area contributed by atoms with E-state index < -0.39 is 0 Å². The van der Waals surface area contributed by atoms with Gasteiger partial charge in [0.1, 0.15) is 5.52 Å². The van der Waals surface area contributed by atoms with Crippen molar-refractivity contribution in [2.75, 3.05) is 11.9 Å². The van der Waals surface area contributed by atoms with E-state index in [-0.39, 0.29) is 5.54 Å². The molecule has 0 unspecified atom stereocenters. The average molecular weight is 203 g/mol. The molecule has 1 aromatic heterocycles. The Morgan fingerprint density at radius 3 is 2.87 bits per heavy atom. The molecule has 1 aliphatic carbocycles. The molecule has 0 radical (unpaired) electrons. The van der Waals surface area contributed by atoms with Crippen molar-refractivity contribution >= 4 is 17.1 Å². The minimum Gasteiger partial charge on any atom is -0.424 e. The van der Waals surface area contributed by atoms with Crippen LogP contribution in [-0.4, -0.2) is 17.1 Å². The van der Waals surface area contributed by atoms with Crippen LogP contribution in [0.2, 0.25) is 0 Å². The molecule has 2 aromatic rings. The van der Waals surface area contributed by atoms with Gasteiger partial charge in [-0.25, -0.2) is 0 Å². The minimum atomic E-state index is 0.0425. The average Bonchev–Trinajstić information content (AvgIpc) is 2.91. The number of hydrogen-bond acceptors (Lipinski definition) is 4. The molecule has 0 aliphatic heterocycles. The van der Waals surface area contributed by atoms with E-state index in [2.05, 4.69) is 10.3 Å². The Kier molecular flexibility index (Phi) is 1.73. The van der Waals surface area contributed by atoms with Crippen LogP contribution in [0, 0.1) is 0 Å². The Bertz CT molecular complexity index is 454. The molecule has 0 amide bonds. The summed E-state index contributed by atoms with van der Waals surface area (Å²) >= 11 is 0. The maximum atomic E-state index is 5.68. The first-order valence-corrected chi connectivity index (χ1v) is 5.15. The van der Waals surface area contributed by atoms with Gasteiger partial charge in [0.25, 0.3) is 6.01 Å². The molecule has 0 spiro atoms. The van der Waals surface area contributed by atoms with Crippen LogP contribution in [-0.2, 0) is 0 Å². The predicted octanol–water partition coefficient (Wildman–Crippen LogP) is 1.73. The van der Waals surface area contributed by atoms with Crippen molar-refractivity contribution in [1.82, 2.24) is 4.98 Å². The van der Waals surface area contributed by atoms with E-state index in [9.17, 15) is 0 Å². The molecule has 15 heavy (non-hydrogen) atoms. The first-order chi connectivity index (χ1) is 7.31. The van der Waals surface area contributed by atoms with Gasteiger partial charge < -0.3 is 15.5 Å². The molecule has 0 saturated heterocycles. The predicted molar refractivity (Wildman–Crippen MR) is 58.7 cm³/mol. The van der Waals surface area contributed by atoms with E-state index in [0.29, 0.717) is 12.6 Å². The summed E-state index contributed by atoms with van der Waals surface area (Å²) in [6, 6.07) is 8.32. The summed E-state index contributed by atoms with van der Waals surface area (Å²) in [6.07, 6.45) is 2.20. The van der Waals surface area contributed by atoms with Crippen LogP contribution in [0.1, 0.15) is 12.8 Å². The second-order valence-electron chi connectivity index (χ2n) is 4.10. The molecule has 4 heteroatoms. The number of fused-ring (bicyclic) bond motifs is 1. The largest absolute Gasteiger partial charge is 0.424 e. The van der Waals surface area contributed by atoms with Gasteiger partial charge in [-0.15, -0.1) is 0 Å². The van der Waals surface area contributed by atoms with Gasteiger partial charge in [-0.2, -0.15) is 4.98 Å². The van der Waals surface area contributed by atoms with Crippen LogP contribution in [0.5, 0.6) is 0 Å². The summed E-state index contributed by atoms with van der Waals surface area (Å²) < 4.78 is 5.57. The second kappa shape index (κ2) is 2.97. The van der Waals surface area contributed by atoms with Crippen molar-refractivity contribution in [1.29, 1.82) is 0 Å². The molecule has 3 N–H and O–H groups in total. The highest BCUT2D eigenvalue weighted by Gasteiger charge is 2.42. The lowest BCUT2D eigenvalue weighted by atomic mass is 10.3. The first-order valence-electron chi connectivity index (χ1n) is 5.15. The Labute approximate surface area is 87.5 Å². The van der Waals surface area contributed by atoms with Crippen LogP contribution in [0.4, 0.5) is 6.01 Å². The van der Waals surface area contributed by atoms with Crippen molar-refractivity contribution in [2.24, 2.45) is 5.73 Å². The molecule has 0 bridgehead atoms. The highest BCUT2D eigenvalue weighted by Crippen LogP contribution is 2.38. The third-order valence-electron chi connectivity index (χ3n) is 2.91. The van der Waals surface area contributed by atoms with Crippen molar-refractivity contribution in [3.05, 3.63) is 24.3 Å². The van der Waals surface area contributed by atoms with Gasteiger partial charge in [0.2, 0.25) is 0 Å². The van der Waals surface area contributed by atoms with E-state index >= 15 is 0 Å². The number of nitrogens with two attached hydrogens (primary N) is 1. The zero-order chi connectivity index (χ0) is 10.3. The Balaban J connectivity index is 1.92. The van der Waals surface area contributed by atoms with Gasteiger partial charge in [0, 0.05) is 6.54 Å². The van der Waals surface area contributed by atoms with Gasteiger partial charge in [-0.1, -0.05) is 12.1 Å². The zero-order valence-electron chi connectivity index (χ0n) is 8.36. The Morgan fingerprint density at radius 2 is 2.20 bits per heavy atom. The van der Waals surface area contributed by atoms with Crippen LogP contribution in [0.15, 0.2) is 28.7 Å². The number of benzene rings is 1. The maximum absolute atomic E-state index is 5.68. The third kappa shape index (κ3) is 1.47. The van der Waals surface area contributed by atoms with Crippen LogP contribution in [0.3, 0.4) is 0 Å². The highest BCUT2D eigenvalue weighted by molar-refractivity contribution is 5.74. The normalized spacial score (nSPS) is 17.9. The van der Waals surface area contributed by atoms with Gasteiger partial charge in [0.15, 0.2) is 5.58 Å². The molecule has 1 saturated carbocycles. The highest BCUT2D eigenvalue weighted by atomic mass is 16.4. The molecule has 4 nitrogen and oxygen atoms in total. The van der Waals surface area contributed by atoms with E-state index in [4.69, 9.17) is 10.2 Å². The molecule has 1 aliphatic rings. The van der Waals surface area contributed by atoms with Crippen molar-refractivity contribution in [3.8, 4) is 0 Å². The van der Waals surface area contributed by atoms with Gasteiger partial charge >= 0.3 is 0 Å². The third-order valence-corrected chi connectivity index (χ3v) is 2.91. The van der Waals surface area contributed by atoms with Crippen molar-refractivity contribution in [3.63, 3.8) is 0 Å². The maximum Gasteiger partial charge on any atom is 0.296 e. The second-order valence-corrected chi connectivity index (χ2v) is 4.10. The molecular formula is C11H13N3O. The molecule has 3 rings (SSSR count). The SMILES string of the molecule is NCC1(Nc2nc3ccccc3o2)CC1. The number of nitrogens with zero attached hydrogens (tertiary/aromatic N) is 1. The summed E-state index contributed by atoms with van der Waals surface area (Å²) in [5, 5.41) is 3.27. The zero-order valence-corrected chi connectivity index (χ0v) is 8.36. The lowest BCUT2D eigenvalue weighted by Gasteiger charge is -2.11. The van der Waals surface area contributed by atoms with Crippen LogP contribution >= 0.6 is 0 Å². The van der Waals surface area contributed by atoms with E-state index in [1.165, 1.54) is 0 Å². The molecular weight excluding hydrogens is 190 g/mol. The molecule has 1 aromatic carbocycles. The van der Waals surface area contributed by atoms with Crippen molar-refractivity contribution in [2.45, 2.75) is 18.4 Å². The van der Waals surface area contributed by atoms with Gasteiger partial charge in [0.05, 0.1) is 5.54 Å². The minimum absolute atomic E-state index is 0.0425. The Hall–Kier alpha value is -1.55. The summed E-state index contributed by atoms with van der Waals surface area (Å²) in [7, 11) is 0. The fourth-order valence-corrected chi connectivity index (χ4v) is 1.68. The van der Waals surface area contributed by atoms with Crippen LogP contribution < -0.4 is 11.1 Å². The number of nitrogens with one attached hydrogen (secondary N) is 1. The van der Waals surface area contributed by atoms with Gasteiger partial charge in [-0.05, 0) is 25.0 Å². The van der Waals surface area contributed by atoms with Gasteiger partial charge in [-0.3, -0.25) is 0 Å². The van der Waals surface area contributed by atoms with E-state index in [1.807, 2.05) is 24.3 Å². The molecule has 78 valence electrons. The smallest absolute Gasteiger partial charge is 0.296 e. The molecule has 1 fully saturated rings. The standard InChI is InChI=1S/C11H13N3O/c12-7-11(5-6-11)14-10-13-8-3-1-2-4-9(8)15-10/h1-4H,5-7,12H2,(H,13,14). The Morgan fingerprint density at radius 1 is 1.40 bits per heavy atom. The number of anilines is 1. The number of hydrogen-bond donors (Lipinski definition) is 2. The van der Waals surface area contributed by atoms with Crippen molar-refractivity contribution < 1.29 is 4.42 Å². The lowest BCUT2D eigenvalue weighted by Crippen LogP contribution is -2.30. The topological polar surface area (TPSA) is 64.1 Å². The number of rotatable bonds is 3. The summed E-state index contributed by atoms with van der Waals surface area (Å²) in [5.41, 5.74) is 7.42. The fourth-order valence-electron chi connectivity index (χ4n) is 1.68.